The molecule has 3 unspecified atom stereocenters. The Balaban J connectivity index is 1.45. The molecule has 0 bridgehead atoms. The molecular weight excluding hydrogens is 384 g/mol. The number of allylic oxidation sites excluding steroid dienone is 1. The standard InChI is InChI=1S/C28H34O3/c1-29-23-9-11-26-22(17-23)8-10-27-25-18-24(30-2)16-21(25)12-13-28(26,27)14-15-31-19-20-6-4-3-5-7-20/h3-7,9,11,17,21,24H,8,10,12-16,18-19H2,1-2H3. The number of aryl methyl sites for hydroxylation is 1. The van der Waals surface area contributed by atoms with E-state index in [2.05, 4.69) is 48.5 Å². The van der Waals surface area contributed by atoms with Crippen LogP contribution in [0.15, 0.2) is 59.7 Å². The van der Waals surface area contributed by atoms with Crippen LogP contribution in [0.25, 0.3) is 0 Å². The van der Waals surface area contributed by atoms with Crippen molar-refractivity contribution in [1.82, 2.24) is 0 Å². The minimum Gasteiger partial charge on any atom is -0.497 e. The first-order valence-electron chi connectivity index (χ1n) is 11.8. The molecule has 1 fully saturated rings. The lowest BCUT2D eigenvalue weighted by molar-refractivity contribution is 0.0982. The predicted octanol–water partition coefficient (Wildman–Crippen LogP) is 6.00. The van der Waals surface area contributed by atoms with Crippen molar-refractivity contribution in [2.45, 2.75) is 63.1 Å². The number of hydrogen-bond donors (Lipinski definition) is 0. The summed E-state index contributed by atoms with van der Waals surface area (Å²) in [7, 11) is 3.64. The Morgan fingerprint density at radius 1 is 1.03 bits per heavy atom. The average molecular weight is 419 g/mol. The summed E-state index contributed by atoms with van der Waals surface area (Å²) in [6.45, 7) is 1.47. The summed E-state index contributed by atoms with van der Waals surface area (Å²) in [5.41, 5.74) is 7.77. The largest absolute Gasteiger partial charge is 0.497 e. The van der Waals surface area contributed by atoms with Crippen LogP contribution in [0.5, 0.6) is 5.75 Å². The van der Waals surface area contributed by atoms with Crippen LogP contribution < -0.4 is 4.74 Å². The van der Waals surface area contributed by atoms with Crippen LogP contribution >= 0.6 is 0 Å². The summed E-state index contributed by atoms with van der Waals surface area (Å²) < 4.78 is 17.5. The molecule has 2 aromatic carbocycles. The van der Waals surface area contributed by atoms with Gasteiger partial charge in [0.15, 0.2) is 0 Å². The van der Waals surface area contributed by atoms with E-state index < -0.39 is 0 Å². The Bertz CT molecular complexity index is 948. The van der Waals surface area contributed by atoms with Gasteiger partial charge < -0.3 is 14.2 Å². The van der Waals surface area contributed by atoms with Gasteiger partial charge in [-0.25, -0.2) is 0 Å². The maximum Gasteiger partial charge on any atom is 0.119 e. The zero-order valence-corrected chi connectivity index (χ0v) is 18.9. The number of benzene rings is 2. The number of rotatable bonds is 7. The van der Waals surface area contributed by atoms with E-state index >= 15 is 0 Å². The van der Waals surface area contributed by atoms with Crippen LogP contribution in [-0.2, 0) is 27.9 Å². The van der Waals surface area contributed by atoms with Crippen LogP contribution in [0.1, 0.15) is 55.2 Å². The van der Waals surface area contributed by atoms with Crippen molar-refractivity contribution in [3.05, 3.63) is 76.4 Å². The summed E-state index contributed by atoms with van der Waals surface area (Å²) in [5, 5.41) is 0. The van der Waals surface area contributed by atoms with Gasteiger partial charge in [0.05, 0.1) is 19.8 Å². The van der Waals surface area contributed by atoms with E-state index in [1.54, 1.807) is 18.3 Å². The smallest absolute Gasteiger partial charge is 0.119 e. The van der Waals surface area contributed by atoms with Gasteiger partial charge >= 0.3 is 0 Å². The second kappa shape index (κ2) is 8.80. The van der Waals surface area contributed by atoms with Gasteiger partial charge in [0.1, 0.15) is 5.75 Å². The monoisotopic (exact) mass is 418 g/mol. The third-order valence-corrected chi connectivity index (χ3v) is 7.96. The maximum absolute atomic E-state index is 6.21. The molecule has 0 aromatic heterocycles. The van der Waals surface area contributed by atoms with Gasteiger partial charge in [-0.05, 0) is 79.7 Å². The van der Waals surface area contributed by atoms with E-state index in [0.29, 0.717) is 12.7 Å². The second-order valence-corrected chi connectivity index (χ2v) is 9.43. The van der Waals surface area contributed by atoms with Gasteiger partial charge in [0, 0.05) is 19.1 Å². The Labute approximate surface area is 186 Å². The van der Waals surface area contributed by atoms with Gasteiger partial charge in [0.25, 0.3) is 0 Å². The molecule has 0 saturated heterocycles. The fourth-order valence-corrected chi connectivity index (χ4v) is 6.42. The van der Waals surface area contributed by atoms with Gasteiger partial charge in [-0.2, -0.15) is 0 Å². The van der Waals surface area contributed by atoms with E-state index in [1.165, 1.54) is 42.4 Å². The Kier molecular flexibility index (Phi) is 5.90. The lowest BCUT2D eigenvalue weighted by Crippen LogP contribution is -2.39. The molecule has 2 aromatic rings. The SMILES string of the molecule is COc1ccc2c(c1)CCC1=C3CC(OC)CC3CCC12CCOCc1ccccc1. The van der Waals surface area contributed by atoms with E-state index in [4.69, 9.17) is 14.2 Å². The molecule has 3 aliphatic rings. The summed E-state index contributed by atoms with van der Waals surface area (Å²) in [4.78, 5) is 0. The first kappa shape index (κ1) is 20.8. The fraction of sp³-hybridized carbons (Fsp3) is 0.500. The van der Waals surface area contributed by atoms with E-state index in [0.717, 1.165) is 37.5 Å². The third kappa shape index (κ3) is 3.83. The molecule has 0 radical (unpaired) electrons. The zero-order valence-electron chi connectivity index (χ0n) is 18.9. The van der Waals surface area contributed by atoms with Crippen LogP contribution in [0, 0.1) is 5.92 Å². The fourth-order valence-electron chi connectivity index (χ4n) is 6.42. The highest BCUT2D eigenvalue weighted by atomic mass is 16.5. The molecule has 5 rings (SSSR count). The van der Waals surface area contributed by atoms with E-state index in [9.17, 15) is 0 Å². The summed E-state index contributed by atoms with van der Waals surface area (Å²) in [6.07, 6.45) is 8.55. The second-order valence-electron chi connectivity index (χ2n) is 9.43. The van der Waals surface area contributed by atoms with Gasteiger partial charge in [-0.3, -0.25) is 0 Å². The molecular formula is C28H34O3. The summed E-state index contributed by atoms with van der Waals surface area (Å²) in [6, 6.07) is 17.3. The first-order chi connectivity index (χ1) is 15.2. The molecule has 1 saturated carbocycles. The van der Waals surface area contributed by atoms with Crippen LogP contribution in [0.4, 0.5) is 0 Å². The summed E-state index contributed by atoms with van der Waals surface area (Å²) >= 11 is 0. The Morgan fingerprint density at radius 2 is 1.90 bits per heavy atom. The molecule has 3 nitrogen and oxygen atoms in total. The van der Waals surface area contributed by atoms with Crippen molar-refractivity contribution >= 4 is 0 Å². The van der Waals surface area contributed by atoms with Crippen LogP contribution in [0.2, 0.25) is 0 Å². The lowest BCUT2D eigenvalue weighted by atomic mass is 9.57. The number of methoxy groups -OCH3 is 2. The topological polar surface area (TPSA) is 27.7 Å². The number of fused-ring (bicyclic) bond motifs is 4. The van der Waals surface area contributed by atoms with Crippen molar-refractivity contribution in [2.75, 3.05) is 20.8 Å². The highest BCUT2D eigenvalue weighted by Crippen LogP contribution is 2.56. The normalized spacial score (nSPS) is 26.9. The van der Waals surface area contributed by atoms with Crippen LogP contribution in [-0.4, -0.2) is 26.9 Å². The number of hydrogen-bond acceptors (Lipinski definition) is 3. The zero-order chi connectivity index (χ0) is 21.3. The third-order valence-electron chi connectivity index (χ3n) is 7.96. The van der Waals surface area contributed by atoms with Crippen molar-refractivity contribution in [2.24, 2.45) is 5.92 Å². The molecule has 0 aliphatic heterocycles. The summed E-state index contributed by atoms with van der Waals surface area (Å²) in [5.74, 6) is 1.69. The van der Waals surface area contributed by atoms with Gasteiger partial charge in [0.2, 0.25) is 0 Å². The predicted molar refractivity (Wildman–Crippen MR) is 123 cm³/mol. The lowest BCUT2D eigenvalue weighted by Gasteiger charge is -2.47. The molecule has 0 spiro atoms. The van der Waals surface area contributed by atoms with Crippen molar-refractivity contribution in [1.29, 1.82) is 0 Å². The molecule has 0 N–H and O–H groups in total. The van der Waals surface area contributed by atoms with E-state index in [-0.39, 0.29) is 5.41 Å². The van der Waals surface area contributed by atoms with Gasteiger partial charge in [-0.15, -0.1) is 0 Å². The van der Waals surface area contributed by atoms with Crippen molar-refractivity contribution < 1.29 is 14.2 Å². The maximum atomic E-state index is 6.21. The highest BCUT2D eigenvalue weighted by molar-refractivity contribution is 5.52. The van der Waals surface area contributed by atoms with E-state index in [1.807, 2.05) is 7.11 Å². The first-order valence-corrected chi connectivity index (χ1v) is 11.8. The minimum absolute atomic E-state index is 0.116. The van der Waals surface area contributed by atoms with Gasteiger partial charge in [-0.1, -0.05) is 47.5 Å². The highest BCUT2D eigenvalue weighted by Gasteiger charge is 2.47. The Morgan fingerprint density at radius 3 is 2.71 bits per heavy atom. The number of ether oxygens (including phenoxy) is 3. The molecule has 3 heteroatoms. The quantitative estimate of drug-likeness (QED) is 0.408. The van der Waals surface area contributed by atoms with Crippen molar-refractivity contribution in [3.63, 3.8) is 0 Å². The minimum atomic E-state index is 0.116. The molecule has 31 heavy (non-hydrogen) atoms. The molecule has 0 amide bonds. The molecule has 3 aliphatic carbocycles. The Hall–Kier alpha value is -2.10. The van der Waals surface area contributed by atoms with Crippen molar-refractivity contribution in [3.8, 4) is 5.75 Å². The molecule has 0 heterocycles. The molecule has 3 atom stereocenters. The van der Waals surface area contributed by atoms with Crippen LogP contribution in [0.3, 0.4) is 0 Å². The average Bonchev–Trinajstić information content (AvgIpc) is 3.25. The molecule has 164 valence electrons.